The van der Waals surface area contributed by atoms with Gasteiger partial charge < -0.3 is 25.8 Å². The molecule has 198 valence electrons. The number of hydrogen-bond donors (Lipinski definition) is 3. The highest BCUT2D eigenvalue weighted by Gasteiger charge is 2.45. The summed E-state index contributed by atoms with van der Waals surface area (Å²) in [5.41, 5.74) is 1.97. The number of nitrogens with zero attached hydrogens (tertiary/aromatic N) is 2. The monoisotopic (exact) mass is 505 g/mol. The van der Waals surface area contributed by atoms with Gasteiger partial charge in [0.2, 0.25) is 17.7 Å². The van der Waals surface area contributed by atoms with Crippen LogP contribution < -0.4 is 16.0 Å². The van der Waals surface area contributed by atoms with E-state index in [0.717, 1.165) is 30.5 Å². The predicted octanol–water partition coefficient (Wildman–Crippen LogP) is 1.93. The van der Waals surface area contributed by atoms with Crippen molar-refractivity contribution in [3.8, 4) is 0 Å². The summed E-state index contributed by atoms with van der Waals surface area (Å²) in [5.74, 6) is -0.752. The van der Waals surface area contributed by atoms with Gasteiger partial charge in [-0.2, -0.15) is 0 Å². The average Bonchev–Trinajstić information content (AvgIpc) is 3.34. The highest BCUT2D eigenvalue weighted by Crippen LogP contribution is 2.30. The summed E-state index contributed by atoms with van der Waals surface area (Å²) in [5, 5.41) is 9.23. The maximum Gasteiger partial charge on any atom is 0.247 e. The second kappa shape index (κ2) is 12.3. The van der Waals surface area contributed by atoms with Crippen LogP contribution in [0.3, 0.4) is 0 Å². The Hall–Kier alpha value is -3.23. The molecular formula is C29H39N5O3. The van der Waals surface area contributed by atoms with Crippen molar-refractivity contribution in [2.75, 3.05) is 33.7 Å². The lowest BCUT2D eigenvalue weighted by atomic mass is 9.98. The van der Waals surface area contributed by atoms with Crippen molar-refractivity contribution < 1.29 is 14.4 Å². The highest BCUT2D eigenvalue weighted by molar-refractivity contribution is 5.93. The number of rotatable bonds is 8. The van der Waals surface area contributed by atoms with Crippen LogP contribution >= 0.6 is 0 Å². The summed E-state index contributed by atoms with van der Waals surface area (Å²) in [6.45, 7) is 3.59. The van der Waals surface area contributed by atoms with Gasteiger partial charge in [0.15, 0.2) is 0 Å². The Bertz CT molecular complexity index is 1020. The fourth-order valence-electron chi connectivity index (χ4n) is 5.50. The van der Waals surface area contributed by atoms with Gasteiger partial charge in [-0.3, -0.25) is 14.4 Å². The number of carbonyl (C=O) groups is 3. The minimum Gasteiger partial charge on any atom is -0.343 e. The summed E-state index contributed by atoms with van der Waals surface area (Å²) in [7, 11) is 3.78. The van der Waals surface area contributed by atoms with E-state index in [1.54, 1.807) is 11.9 Å². The summed E-state index contributed by atoms with van der Waals surface area (Å²) in [4.78, 5) is 44.3. The SMILES string of the molecule is CNC[C@@H](C)C(=O)N[C@H]1CN(C)CC[C@H]2CC[C@@H](C(=O)NC(c3ccccc3)c3ccccc3)N2C1=O. The van der Waals surface area contributed by atoms with Gasteiger partial charge in [0.05, 0.1) is 6.04 Å². The number of hydrogen-bond acceptors (Lipinski definition) is 5. The number of nitrogens with one attached hydrogen (secondary N) is 3. The number of carbonyl (C=O) groups excluding carboxylic acids is 3. The van der Waals surface area contributed by atoms with Gasteiger partial charge in [-0.1, -0.05) is 67.6 Å². The Balaban J connectivity index is 1.56. The van der Waals surface area contributed by atoms with Crippen LogP contribution in [0, 0.1) is 5.92 Å². The Morgan fingerprint density at radius 3 is 2.19 bits per heavy atom. The van der Waals surface area contributed by atoms with Crippen LogP contribution in [0.25, 0.3) is 0 Å². The van der Waals surface area contributed by atoms with E-state index in [1.807, 2.05) is 74.6 Å². The van der Waals surface area contributed by atoms with Gasteiger partial charge in [-0.05, 0) is 51.0 Å². The van der Waals surface area contributed by atoms with E-state index in [9.17, 15) is 14.4 Å². The summed E-state index contributed by atoms with van der Waals surface area (Å²) >= 11 is 0. The van der Waals surface area contributed by atoms with E-state index in [-0.39, 0.29) is 35.7 Å². The Labute approximate surface area is 219 Å². The van der Waals surface area contributed by atoms with Gasteiger partial charge in [0.25, 0.3) is 0 Å². The van der Waals surface area contributed by atoms with Crippen LogP contribution in [0.2, 0.25) is 0 Å². The molecule has 0 aliphatic carbocycles. The molecule has 4 atom stereocenters. The van der Waals surface area contributed by atoms with E-state index in [0.29, 0.717) is 19.5 Å². The molecular weight excluding hydrogens is 466 g/mol. The molecule has 0 unspecified atom stereocenters. The van der Waals surface area contributed by atoms with E-state index in [4.69, 9.17) is 0 Å². The third-order valence-electron chi connectivity index (χ3n) is 7.52. The molecule has 8 heteroatoms. The standard InChI is InChI=1S/C29H39N5O3/c1-20(18-30-2)27(35)31-24-19-33(3)17-16-23-14-15-25(34(23)29(24)37)28(36)32-26(21-10-6-4-7-11-21)22-12-8-5-9-13-22/h4-13,20,23-26,30H,14-19H2,1-3H3,(H,31,35)(H,32,36)/t20-,23-,24+,25+/m1/s1. The molecule has 2 heterocycles. The maximum atomic E-state index is 13.9. The van der Waals surface area contributed by atoms with E-state index in [1.165, 1.54) is 0 Å². The molecule has 4 rings (SSSR count). The molecule has 0 saturated carbocycles. The van der Waals surface area contributed by atoms with Gasteiger partial charge in [0.1, 0.15) is 12.1 Å². The van der Waals surface area contributed by atoms with Crippen LogP contribution in [0.5, 0.6) is 0 Å². The van der Waals surface area contributed by atoms with E-state index < -0.39 is 12.1 Å². The lowest BCUT2D eigenvalue weighted by Gasteiger charge is -2.38. The molecule has 2 aromatic carbocycles. The molecule has 3 amide bonds. The van der Waals surface area contributed by atoms with Crippen molar-refractivity contribution in [2.24, 2.45) is 5.92 Å². The van der Waals surface area contributed by atoms with Crippen molar-refractivity contribution in [1.29, 1.82) is 0 Å². The molecule has 8 nitrogen and oxygen atoms in total. The normalized spacial score (nSPS) is 23.2. The average molecular weight is 506 g/mol. The molecule has 2 aromatic rings. The molecule has 2 fully saturated rings. The fraction of sp³-hybridized carbons (Fsp3) is 0.483. The first-order chi connectivity index (χ1) is 17.9. The quantitative estimate of drug-likeness (QED) is 0.510. The fourth-order valence-corrected chi connectivity index (χ4v) is 5.50. The van der Waals surface area contributed by atoms with Crippen molar-refractivity contribution in [1.82, 2.24) is 25.8 Å². The van der Waals surface area contributed by atoms with E-state index in [2.05, 4.69) is 20.9 Å². The van der Waals surface area contributed by atoms with Crippen LogP contribution in [-0.2, 0) is 14.4 Å². The van der Waals surface area contributed by atoms with Gasteiger partial charge in [-0.15, -0.1) is 0 Å². The molecule has 0 radical (unpaired) electrons. The zero-order chi connectivity index (χ0) is 26.4. The van der Waals surface area contributed by atoms with E-state index >= 15 is 0 Å². The Morgan fingerprint density at radius 1 is 0.973 bits per heavy atom. The van der Waals surface area contributed by atoms with Crippen LogP contribution in [0.15, 0.2) is 60.7 Å². The summed E-state index contributed by atoms with van der Waals surface area (Å²) < 4.78 is 0. The molecule has 2 aliphatic heterocycles. The highest BCUT2D eigenvalue weighted by atomic mass is 16.2. The molecule has 0 spiro atoms. The minimum atomic E-state index is -0.688. The molecule has 3 N–H and O–H groups in total. The predicted molar refractivity (Wildman–Crippen MR) is 144 cm³/mol. The second-order valence-corrected chi connectivity index (χ2v) is 10.3. The van der Waals surface area contributed by atoms with Crippen LogP contribution in [0.4, 0.5) is 0 Å². The van der Waals surface area contributed by atoms with Gasteiger partial charge >= 0.3 is 0 Å². The molecule has 0 aromatic heterocycles. The first-order valence-corrected chi connectivity index (χ1v) is 13.2. The lowest BCUT2D eigenvalue weighted by molar-refractivity contribution is -0.145. The molecule has 0 bridgehead atoms. The third-order valence-corrected chi connectivity index (χ3v) is 7.52. The molecule has 2 saturated heterocycles. The number of likely N-dealkylation sites (N-methyl/N-ethyl adjacent to an activating group) is 1. The smallest absolute Gasteiger partial charge is 0.247 e. The first-order valence-electron chi connectivity index (χ1n) is 13.2. The van der Waals surface area contributed by atoms with Crippen LogP contribution in [0.1, 0.15) is 43.4 Å². The van der Waals surface area contributed by atoms with Crippen molar-refractivity contribution in [3.05, 3.63) is 71.8 Å². The largest absolute Gasteiger partial charge is 0.343 e. The van der Waals surface area contributed by atoms with Crippen molar-refractivity contribution >= 4 is 17.7 Å². The van der Waals surface area contributed by atoms with Crippen molar-refractivity contribution in [2.45, 2.75) is 50.4 Å². The zero-order valence-electron chi connectivity index (χ0n) is 22.0. The lowest BCUT2D eigenvalue weighted by Crippen LogP contribution is -2.60. The van der Waals surface area contributed by atoms with Crippen molar-refractivity contribution in [3.63, 3.8) is 0 Å². The zero-order valence-corrected chi connectivity index (χ0v) is 22.0. The van der Waals surface area contributed by atoms with Gasteiger partial charge in [0, 0.05) is 25.0 Å². The minimum absolute atomic E-state index is 0.0213. The van der Waals surface area contributed by atoms with Gasteiger partial charge in [-0.25, -0.2) is 0 Å². The van der Waals surface area contributed by atoms with Crippen LogP contribution in [-0.4, -0.2) is 79.4 Å². The third kappa shape index (κ3) is 6.37. The first kappa shape index (κ1) is 26.8. The topological polar surface area (TPSA) is 93.8 Å². The number of benzene rings is 2. The Kier molecular flexibility index (Phi) is 8.95. The summed E-state index contributed by atoms with van der Waals surface area (Å²) in [6, 6.07) is 18.2. The number of amides is 3. The second-order valence-electron chi connectivity index (χ2n) is 10.3. The maximum absolute atomic E-state index is 13.9. The number of fused-ring (bicyclic) bond motifs is 1. The molecule has 37 heavy (non-hydrogen) atoms. The Morgan fingerprint density at radius 2 is 1.59 bits per heavy atom. The molecule has 2 aliphatic rings. The summed E-state index contributed by atoms with van der Waals surface area (Å²) in [6.07, 6.45) is 2.19.